The van der Waals surface area contributed by atoms with Crippen LogP contribution in [0.1, 0.15) is 28.4 Å². The van der Waals surface area contributed by atoms with Crippen molar-refractivity contribution in [2.75, 3.05) is 53.4 Å². The zero-order chi connectivity index (χ0) is 37.0. The molecule has 11 nitrogen and oxygen atoms in total. The standard InChI is InChI=1S/C35H43F4N5O6/c1-18(46)29-28(17-45)50-44(32(29)34(40)47)15-19-8-7-9-24(33(19)49-6)20-10-21(12-23(11-20)43(4)5)35(48)41-22(16-42(2)3)13-25-30(38)26(36)14-27(37)31(25)39/h7-12,14,18,22,28-29,32,45-46H,13,15-17H2,1-6H3,(H2,40,47)(H,41,48)/t18-,22-,28-,29-,32-/m0/s1. The molecule has 1 aliphatic rings. The molecule has 4 rings (SSSR count). The van der Waals surface area contributed by atoms with Crippen LogP contribution in [0.15, 0.2) is 42.5 Å². The molecule has 0 aliphatic carbocycles. The van der Waals surface area contributed by atoms with Crippen LogP contribution in [-0.4, -0.2) is 105 Å². The molecule has 1 heterocycles. The van der Waals surface area contributed by atoms with Gasteiger partial charge in [0.2, 0.25) is 5.91 Å². The van der Waals surface area contributed by atoms with E-state index in [4.69, 9.17) is 15.3 Å². The maximum atomic E-state index is 14.6. The summed E-state index contributed by atoms with van der Waals surface area (Å²) in [5, 5.41) is 24.3. The number of hydrogen-bond donors (Lipinski definition) is 4. The summed E-state index contributed by atoms with van der Waals surface area (Å²) in [5.74, 6) is -7.88. The number of likely N-dealkylation sites (N-methyl/N-ethyl adjacent to an activating group) is 1. The van der Waals surface area contributed by atoms with Crippen LogP contribution < -0.4 is 20.7 Å². The first kappa shape index (κ1) is 38.5. The number of amides is 2. The number of carbonyl (C=O) groups excluding carboxylic acids is 2. The summed E-state index contributed by atoms with van der Waals surface area (Å²) in [4.78, 5) is 35.5. The minimum absolute atomic E-state index is 0.00887. The van der Waals surface area contributed by atoms with Crippen LogP contribution in [0.5, 0.6) is 5.75 Å². The van der Waals surface area contributed by atoms with Crippen LogP contribution in [0.25, 0.3) is 11.1 Å². The molecule has 5 N–H and O–H groups in total. The Bertz CT molecular complexity index is 1680. The monoisotopic (exact) mass is 705 g/mol. The summed E-state index contributed by atoms with van der Waals surface area (Å²) in [6.45, 7) is 1.12. The van der Waals surface area contributed by atoms with Crippen LogP contribution in [0, 0.1) is 29.2 Å². The number of nitrogens with one attached hydrogen (secondary N) is 1. The molecule has 15 heteroatoms. The highest BCUT2D eigenvalue weighted by molar-refractivity contribution is 5.97. The number of hydroxylamine groups is 2. The summed E-state index contributed by atoms with van der Waals surface area (Å²) in [7, 11) is 8.36. The van der Waals surface area contributed by atoms with Crippen molar-refractivity contribution in [2.24, 2.45) is 11.7 Å². The van der Waals surface area contributed by atoms with Crippen molar-refractivity contribution >= 4 is 17.5 Å². The third-order valence-electron chi connectivity index (χ3n) is 8.61. The van der Waals surface area contributed by atoms with Crippen molar-refractivity contribution in [1.29, 1.82) is 0 Å². The van der Waals surface area contributed by atoms with Gasteiger partial charge in [0.1, 0.15) is 17.9 Å². The van der Waals surface area contributed by atoms with E-state index in [9.17, 15) is 37.4 Å². The maximum Gasteiger partial charge on any atom is 0.251 e. The summed E-state index contributed by atoms with van der Waals surface area (Å²) in [6, 6.07) is 8.44. The van der Waals surface area contributed by atoms with Crippen molar-refractivity contribution in [3.05, 3.63) is 82.4 Å². The topological polar surface area (TPSA) is 141 Å². The molecule has 0 spiro atoms. The minimum Gasteiger partial charge on any atom is -0.496 e. The van der Waals surface area contributed by atoms with Gasteiger partial charge in [-0.25, -0.2) is 17.6 Å². The lowest BCUT2D eigenvalue weighted by Crippen LogP contribution is -2.47. The van der Waals surface area contributed by atoms with Gasteiger partial charge >= 0.3 is 0 Å². The third-order valence-corrected chi connectivity index (χ3v) is 8.61. The molecule has 0 aromatic heterocycles. The number of primary amides is 1. The van der Waals surface area contributed by atoms with E-state index >= 15 is 0 Å². The number of carbonyl (C=O) groups is 2. The van der Waals surface area contributed by atoms with Gasteiger partial charge in [0.25, 0.3) is 5.91 Å². The number of aliphatic hydroxyl groups is 2. The number of anilines is 1. The van der Waals surface area contributed by atoms with Crippen LogP contribution in [-0.2, 0) is 22.6 Å². The molecule has 1 saturated heterocycles. The molecular weight excluding hydrogens is 662 g/mol. The second kappa shape index (κ2) is 16.2. The third kappa shape index (κ3) is 8.36. The van der Waals surface area contributed by atoms with Crippen LogP contribution in [0.4, 0.5) is 23.2 Å². The number of nitrogens with zero attached hydrogens (tertiary/aromatic N) is 3. The zero-order valence-electron chi connectivity index (χ0n) is 28.7. The van der Waals surface area contributed by atoms with Gasteiger partial charge < -0.3 is 35.8 Å². The van der Waals surface area contributed by atoms with Crippen LogP contribution >= 0.6 is 0 Å². The Morgan fingerprint density at radius 3 is 2.26 bits per heavy atom. The minimum atomic E-state index is -1.54. The number of rotatable bonds is 14. The molecule has 1 fully saturated rings. The number of nitrogens with two attached hydrogens (primary N) is 1. The molecule has 50 heavy (non-hydrogen) atoms. The van der Waals surface area contributed by atoms with E-state index in [0.717, 1.165) is 0 Å². The largest absolute Gasteiger partial charge is 0.496 e. The lowest BCUT2D eigenvalue weighted by molar-refractivity contribution is -0.181. The van der Waals surface area contributed by atoms with Crippen molar-refractivity contribution < 1.29 is 46.9 Å². The van der Waals surface area contributed by atoms with Crippen molar-refractivity contribution in [3.63, 3.8) is 0 Å². The zero-order valence-corrected chi connectivity index (χ0v) is 28.7. The maximum absolute atomic E-state index is 14.6. The Labute approximate surface area is 288 Å². The fourth-order valence-corrected chi connectivity index (χ4v) is 6.32. The van der Waals surface area contributed by atoms with E-state index in [1.807, 2.05) is 6.07 Å². The predicted octanol–water partition coefficient (Wildman–Crippen LogP) is 2.85. The van der Waals surface area contributed by atoms with E-state index in [2.05, 4.69) is 5.32 Å². The normalized spacial score (nSPS) is 19.0. The Morgan fingerprint density at radius 2 is 1.72 bits per heavy atom. The Balaban J connectivity index is 1.71. The van der Waals surface area contributed by atoms with E-state index in [1.165, 1.54) is 19.1 Å². The smallest absolute Gasteiger partial charge is 0.251 e. The second-order valence-corrected chi connectivity index (χ2v) is 12.8. The molecule has 0 bridgehead atoms. The molecule has 1 aliphatic heterocycles. The highest BCUT2D eigenvalue weighted by Crippen LogP contribution is 2.38. The number of benzene rings is 3. The predicted molar refractivity (Wildman–Crippen MR) is 178 cm³/mol. The van der Waals surface area contributed by atoms with E-state index in [1.54, 1.807) is 68.3 Å². The molecule has 3 aromatic carbocycles. The molecular formula is C35H43F4N5O6. The SMILES string of the molecule is COc1c(CN2O[C@@H](CO)[C@H]([C@H](C)O)[C@H]2C(N)=O)cccc1-c1cc(C(=O)N[C@@H](Cc2c(F)c(F)cc(F)c2F)CN(C)C)cc(N(C)C)c1. The van der Waals surface area contributed by atoms with Crippen molar-refractivity contribution in [3.8, 4) is 16.9 Å². The van der Waals surface area contributed by atoms with E-state index in [0.29, 0.717) is 28.1 Å². The van der Waals surface area contributed by atoms with Crippen LogP contribution in [0.2, 0.25) is 0 Å². The number of hydrogen-bond acceptors (Lipinski definition) is 9. The first-order valence-corrected chi connectivity index (χ1v) is 15.9. The highest BCUT2D eigenvalue weighted by Gasteiger charge is 2.48. The first-order chi connectivity index (χ1) is 23.6. The van der Waals surface area contributed by atoms with Gasteiger partial charge in [-0.2, -0.15) is 5.06 Å². The molecule has 0 radical (unpaired) electrons. The first-order valence-electron chi connectivity index (χ1n) is 15.9. The summed E-state index contributed by atoms with van der Waals surface area (Å²) in [5.41, 5.74) is 7.37. The molecule has 3 aromatic rings. The van der Waals surface area contributed by atoms with Gasteiger partial charge in [0, 0.05) is 66.6 Å². The molecule has 5 atom stereocenters. The molecule has 0 unspecified atom stereocenters. The number of methoxy groups -OCH3 is 1. The van der Waals surface area contributed by atoms with Gasteiger partial charge in [0.05, 0.1) is 26.4 Å². The van der Waals surface area contributed by atoms with Crippen LogP contribution in [0.3, 0.4) is 0 Å². The highest BCUT2D eigenvalue weighted by atomic mass is 19.2. The van der Waals surface area contributed by atoms with Gasteiger partial charge in [-0.3, -0.25) is 14.4 Å². The fourth-order valence-electron chi connectivity index (χ4n) is 6.32. The Kier molecular flexibility index (Phi) is 12.5. The van der Waals surface area contributed by atoms with Gasteiger partial charge in [-0.15, -0.1) is 0 Å². The van der Waals surface area contributed by atoms with Gasteiger partial charge in [0.15, 0.2) is 23.3 Å². The van der Waals surface area contributed by atoms with E-state index in [-0.39, 0.29) is 24.7 Å². The molecule has 0 saturated carbocycles. The molecule has 2 amide bonds. The summed E-state index contributed by atoms with van der Waals surface area (Å²) < 4.78 is 63.0. The lowest BCUT2D eigenvalue weighted by Gasteiger charge is -2.25. The summed E-state index contributed by atoms with van der Waals surface area (Å²) in [6.07, 6.45) is -2.40. The quantitative estimate of drug-likeness (QED) is 0.147. The second-order valence-electron chi connectivity index (χ2n) is 12.8. The molecule has 272 valence electrons. The summed E-state index contributed by atoms with van der Waals surface area (Å²) >= 11 is 0. The average molecular weight is 706 g/mol. The average Bonchev–Trinajstić information content (AvgIpc) is 3.44. The Morgan fingerprint density at radius 1 is 1.06 bits per heavy atom. The Hall–Kier alpha value is -4.28. The fraction of sp³-hybridized carbons (Fsp3) is 0.429. The number of halogens is 4. The number of para-hydroxylation sites is 1. The van der Waals surface area contributed by atoms with Gasteiger partial charge in [-0.1, -0.05) is 18.2 Å². The number of ether oxygens (including phenoxy) is 1. The van der Waals surface area contributed by atoms with Gasteiger partial charge in [-0.05, 0) is 51.2 Å². The van der Waals surface area contributed by atoms with E-state index < -0.39 is 83.9 Å². The lowest BCUT2D eigenvalue weighted by atomic mass is 9.89. The van der Waals surface area contributed by atoms with Crippen molar-refractivity contribution in [2.45, 2.75) is 44.2 Å². The van der Waals surface area contributed by atoms with Crippen molar-refractivity contribution in [1.82, 2.24) is 15.3 Å². The number of aliphatic hydroxyl groups excluding tert-OH is 2.